The van der Waals surface area contributed by atoms with Gasteiger partial charge in [-0.1, -0.05) is 0 Å². The molecule has 0 saturated carbocycles. The first-order chi connectivity index (χ1) is 6.63. The van der Waals surface area contributed by atoms with Crippen LogP contribution in [0.3, 0.4) is 0 Å². The van der Waals surface area contributed by atoms with Gasteiger partial charge in [0.1, 0.15) is 6.10 Å². The molecule has 2 heterocycles. The van der Waals surface area contributed by atoms with E-state index in [1.54, 1.807) is 6.33 Å². The number of aromatic nitrogens is 2. The molecule has 4 nitrogen and oxygen atoms in total. The number of hydrogen-bond acceptors (Lipinski definition) is 3. The second-order valence-electron chi connectivity index (χ2n) is 4.26. The first kappa shape index (κ1) is 9.68. The summed E-state index contributed by atoms with van der Waals surface area (Å²) in [6.07, 6.45) is 5.98. The van der Waals surface area contributed by atoms with E-state index in [9.17, 15) is 0 Å². The molecule has 0 spiro atoms. The number of nitrogens with zero attached hydrogens (tertiary/aromatic N) is 2. The Hall–Kier alpha value is -0.870. The van der Waals surface area contributed by atoms with Gasteiger partial charge < -0.3 is 15.0 Å². The highest BCUT2D eigenvalue weighted by Gasteiger charge is 2.36. The molecular weight excluding hydrogens is 178 g/mol. The highest BCUT2D eigenvalue weighted by atomic mass is 16.5. The van der Waals surface area contributed by atoms with E-state index in [4.69, 9.17) is 10.5 Å². The fraction of sp³-hybridized carbons (Fsp3) is 0.700. The highest BCUT2D eigenvalue weighted by Crippen LogP contribution is 2.37. The average Bonchev–Trinajstić information content (AvgIpc) is 2.73. The minimum Gasteiger partial charge on any atom is -0.364 e. The topological polar surface area (TPSA) is 53.1 Å². The van der Waals surface area contributed by atoms with Crippen molar-refractivity contribution in [3.8, 4) is 0 Å². The second kappa shape index (κ2) is 3.37. The first-order valence-corrected chi connectivity index (χ1v) is 4.99. The van der Waals surface area contributed by atoms with Crippen LogP contribution in [0.25, 0.3) is 0 Å². The summed E-state index contributed by atoms with van der Waals surface area (Å²) < 4.78 is 7.84. The van der Waals surface area contributed by atoms with Gasteiger partial charge in [-0.15, -0.1) is 0 Å². The van der Waals surface area contributed by atoms with Crippen molar-refractivity contribution in [1.82, 2.24) is 9.55 Å². The molecule has 2 N–H and O–H groups in total. The predicted molar refractivity (Wildman–Crippen MR) is 53.7 cm³/mol. The number of imidazole rings is 1. The van der Waals surface area contributed by atoms with Crippen LogP contribution in [0.5, 0.6) is 0 Å². The van der Waals surface area contributed by atoms with Gasteiger partial charge in [0.05, 0.1) is 17.6 Å². The lowest BCUT2D eigenvalue weighted by atomic mass is 10.0. The minimum atomic E-state index is -0.151. The van der Waals surface area contributed by atoms with Gasteiger partial charge >= 0.3 is 0 Å². The van der Waals surface area contributed by atoms with E-state index in [-0.39, 0.29) is 11.7 Å². The maximum atomic E-state index is 5.90. The van der Waals surface area contributed by atoms with Crippen molar-refractivity contribution in [3.05, 3.63) is 18.2 Å². The summed E-state index contributed by atoms with van der Waals surface area (Å²) >= 11 is 0. The van der Waals surface area contributed by atoms with Crippen LogP contribution in [0.15, 0.2) is 12.5 Å². The summed E-state index contributed by atoms with van der Waals surface area (Å²) in [5.41, 5.74) is 6.53. The van der Waals surface area contributed by atoms with Gasteiger partial charge in [0.2, 0.25) is 0 Å². The molecule has 0 bridgehead atoms. The Morgan fingerprint density at radius 1 is 1.79 bits per heavy atom. The molecule has 1 fully saturated rings. The Labute approximate surface area is 84.1 Å². The molecular formula is C10H17N3O. The van der Waals surface area contributed by atoms with Crippen LogP contribution in [-0.2, 0) is 11.8 Å². The molecule has 14 heavy (non-hydrogen) atoms. The highest BCUT2D eigenvalue weighted by molar-refractivity contribution is 5.05. The summed E-state index contributed by atoms with van der Waals surface area (Å²) in [7, 11) is 1.97. The summed E-state index contributed by atoms with van der Waals surface area (Å²) in [5.74, 6) is 0. The smallest absolute Gasteiger partial charge is 0.102 e. The summed E-state index contributed by atoms with van der Waals surface area (Å²) in [4.78, 5) is 4.29. The van der Waals surface area contributed by atoms with Crippen LogP contribution >= 0.6 is 0 Å². The predicted octanol–water partition coefficient (Wildman–Crippen LogP) is 0.989. The van der Waals surface area contributed by atoms with E-state index in [0.717, 1.165) is 18.5 Å². The van der Waals surface area contributed by atoms with Crippen molar-refractivity contribution in [1.29, 1.82) is 0 Å². The summed E-state index contributed by atoms with van der Waals surface area (Å²) in [5, 5.41) is 0. The Kier molecular flexibility index (Phi) is 2.33. The Morgan fingerprint density at radius 2 is 2.57 bits per heavy atom. The van der Waals surface area contributed by atoms with Gasteiger partial charge in [-0.2, -0.15) is 0 Å². The lowest BCUT2D eigenvalue weighted by Crippen LogP contribution is -2.33. The average molecular weight is 195 g/mol. The van der Waals surface area contributed by atoms with Gasteiger partial charge in [0.25, 0.3) is 0 Å². The van der Waals surface area contributed by atoms with Gasteiger partial charge in [0.15, 0.2) is 0 Å². The maximum absolute atomic E-state index is 5.90. The number of ether oxygens (including phenoxy) is 1. The van der Waals surface area contributed by atoms with E-state index in [1.165, 1.54) is 0 Å². The van der Waals surface area contributed by atoms with Crippen LogP contribution in [0.2, 0.25) is 0 Å². The standard InChI is InChI=1S/C10H17N3O/c1-10(6-11)4-3-9(14-10)8-5-13(2)7-12-8/h5,7,9H,3-4,6,11H2,1-2H3. The molecule has 0 amide bonds. The van der Waals surface area contributed by atoms with Crippen LogP contribution in [0.1, 0.15) is 31.6 Å². The van der Waals surface area contributed by atoms with E-state index in [2.05, 4.69) is 11.9 Å². The minimum absolute atomic E-state index is 0.129. The van der Waals surface area contributed by atoms with Crippen LogP contribution in [0.4, 0.5) is 0 Å². The quantitative estimate of drug-likeness (QED) is 0.765. The molecule has 78 valence electrons. The molecule has 1 aliphatic heterocycles. The Bertz CT molecular complexity index is 323. The van der Waals surface area contributed by atoms with E-state index < -0.39 is 0 Å². The summed E-state index contributed by atoms with van der Waals surface area (Å²) in [6.45, 7) is 2.65. The third kappa shape index (κ3) is 1.67. The lowest BCUT2D eigenvalue weighted by molar-refractivity contribution is -0.0245. The van der Waals surface area contributed by atoms with Crippen molar-refractivity contribution in [2.24, 2.45) is 12.8 Å². The van der Waals surface area contributed by atoms with Crippen LogP contribution in [0, 0.1) is 0 Å². The zero-order valence-corrected chi connectivity index (χ0v) is 8.73. The van der Waals surface area contributed by atoms with Crippen molar-refractivity contribution in [2.45, 2.75) is 31.5 Å². The van der Waals surface area contributed by atoms with Crippen molar-refractivity contribution in [2.75, 3.05) is 6.54 Å². The van der Waals surface area contributed by atoms with Gasteiger partial charge in [0, 0.05) is 19.8 Å². The first-order valence-electron chi connectivity index (χ1n) is 4.99. The second-order valence-corrected chi connectivity index (χ2v) is 4.26. The molecule has 2 atom stereocenters. The molecule has 1 saturated heterocycles. The van der Waals surface area contributed by atoms with Crippen LogP contribution in [-0.4, -0.2) is 21.7 Å². The monoisotopic (exact) mass is 195 g/mol. The van der Waals surface area contributed by atoms with Crippen LogP contribution < -0.4 is 5.73 Å². The van der Waals surface area contributed by atoms with Crippen molar-refractivity contribution in [3.63, 3.8) is 0 Å². The SMILES string of the molecule is Cn1cnc(C2CCC(C)(CN)O2)c1. The molecule has 0 radical (unpaired) electrons. The fourth-order valence-electron chi connectivity index (χ4n) is 1.86. The van der Waals surface area contributed by atoms with E-state index in [0.29, 0.717) is 6.54 Å². The maximum Gasteiger partial charge on any atom is 0.102 e. The fourth-order valence-corrected chi connectivity index (χ4v) is 1.86. The zero-order chi connectivity index (χ0) is 10.2. The van der Waals surface area contributed by atoms with E-state index >= 15 is 0 Å². The largest absolute Gasteiger partial charge is 0.364 e. The van der Waals surface area contributed by atoms with Gasteiger partial charge in [-0.3, -0.25) is 0 Å². The zero-order valence-electron chi connectivity index (χ0n) is 8.73. The molecule has 0 aromatic carbocycles. The van der Waals surface area contributed by atoms with Gasteiger partial charge in [-0.05, 0) is 19.8 Å². The third-order valence-electron chi connectivity index (χ3n) is 2.85. The number of aryl methyl sites for hydroxylation is 1. The molecule has 1 aromatic heterocycles. The summed E-state index contributed by atoms with van der Waals surface area (Å²) in [6, 6.07) is 0. The van der Waals surface area contributed by atoms with Crippen molar-refractivity contribution >= 4 is 0 Å². The molecule has 0 aliphatic carbocycles. The normalized spacial score (nSPS) is 32.4. The van der Waals surface area contributed by atoms with Gasteiger partial charge in [-0.25, -0.2) is 4.98 Å². The molecule has 1 aromatic rings. The molecule has 1 aliphatic rings. The molecule has 2 rings (SSSR count). The molecule has 2 unspecified atom stereocenters. The van der Waals surface area contributed by atoms with E-state index in [1.807, 2.05) is 17.8 Å². The lowest BCUT2D eigenvalue weighted by Gasteiger charge is -2.21. The molecule has 4 heteroatoms. The Morgan fingerprint density at radius 3 is 3.07 bits per heavy atom. The third-order valence-corrected chi connectivity index (χ3v) is 2.85. The number of nitrogens with two attached hydrogens (primary N) is 1. The number of rotatable bonds is 2. The Balaban J connectivity index is 2.09. The van der Waals surface area contributed by atoms with Crippen molar-refractivity contribution < 1.29 is 4.74 Å². The number of hydrogen-bond donors (Lipinski definition) is 1.